The summed E-state index contributed by atoms with van der Waals surface area (Å²) >= 11 is 0. The van der Waals surface area contributed by atoms with Gasteiger partial charge in [-0.1, -0.05) is 18.2 Å². The number of rotatable bonds is 12. The number of aldehydes is 1. The second kappa shape index (κ2) is 11.7. The van der Waals surface area contributed by atoms with Crippen molar-refractivity contribution in [2.75, 3.05) is 13.7 Å². The third-order valence-corrected chi connectivity index (χ3v) is 3.99. The maximum Gasteiger partial charge on any atom is 0.338 e. The molecule has 2 atom stereocenters. The molecule has 0 saturated heterocycles. The number of unbranched alkanes of at least 4 members (excludes halogenated alkanes) is 1. The van der Waals surface area contributed by atoms with Crippen molar-refractivity contribution in [1.29, 1.82) is 0 Å². The van der Waals surface area contributed by atoms with E-state index in [1.54, 1.807) is 30.3 Å². The molecule has 0 fully saturated rings. The smallest absolute Gasteiger partial charge is 0.338 e. The highest BCUT2D eigenvalue weighted by Gasteiger charge is 2.31. The van der Waals surface area contributed by atoms with Crippen LogP contribution in [0.1, 0.15) is 42.5 Å². The molecule has 142 valence electrons. The van der Waals surface area contributed by atoms with E-state index in [0.29, 0.717) is 31.1 Å². The third kappa shape index (κ3) is 7.42. The van der Waals surface area contributed by atoms with Crippen LogP contribution in [0, 0.1) is 16.0 Å². The van der Waals surface area contributed by atoms with Crippen LogP contribution in [0.3, 0.4) is 0 Å². The Bertz CT molecular complexity index is 603. The maximum atomic E-state index is 11.8. The SMILES string of the molecule is COC(=O)CC[C@H]([C@H](C=O)CCCCOC(=O)c1ccccc1)[N+](=O)[O-]. The molecule has 0 heterocycles. The van der Waals surface area contributed by atoms with Crippen LogP contribution in [-0.2, 0) is 19.1 Å². The van der Waals surface area contributed by atoms with Gasteiger partial charge < -0.3 is 14.3 Å². The first-order valence-corrected chi connectivity index (χ1v) is 8.37. The molecular weight excluding hydrogens is 342 g/mol. The number of nitrogens with zero attached hydrogens (tertiary/aromatic N) is 1. The fourth-order valence-electron chi connectivity index (χ4n) is 2.50. The topological polar surface area (TPSA) is 113 Å². The van der Waals surface area contributed by atoms with Crippen LogP contribution in [0.4, 0.5) is 0 Å². The summed E-state index contributed by atoms with van der Waals surface area (Å²) in [6.07, 6.45) is 1.67. The summed E-state index contributed by atoms with van der Waals surface area (Å²) in [4.78, 5) is 44.8. The van der Waals surface area contributed by atoms with E-state index in [1.807, 2.05) is 0 Å². The molecule has 0 N–H and O–H groups in total. The Labute approximate surface area is 151 Å². The fraction of sp³-hybridized carbons (Fsp3) is 0.500. The number of hydrogen-bond donors (Lipinski definition) is 0. The first-order chi connectivity index (χ1) is 12.5. The zero-order chi connectivity index (χ0) is 19.4. The molecule has 0 bridgehead atoms. The summed E-state index contributed by atoms with van der Waals surface area (Å²) in [5.41, 5.74) is 0.453. The first-order valence-electron chi connectivity index (χ1n) is 8.37. The highest BCUT2D eigenvalue weighted by atomic mass is 16.6. The summed E-state index contributed by atoms with van der Waals surface area (Å²) in [5, 5.41) is 11.2. The van der Waals surface area contributed by atoms with E-state index < -0.39 is 28.8 Å². The van der Waals surface area contributed by atoms with Crippen LogP contribution < -0.4 is 0 Å². The lowest BCUT2D eigenvalue weighted by molar-refractivity contribution is -0.530. The lowest BCUT2D eigenvalue weighted by Gasteiger charge is -2.15. The number of esters is 2. The predicted molar refractivity (Wildman–Crippen MR) is 92.2 cm³/mol. The highest BCUT2D eigenvalue weighted by molar-refractivity contribution is 5.89. The van der Waals surface area contributed by atoms with Crippen LogP contribution >= 0.6 is 0 Å². The molecule has 1 aromatic rings. The largest absolute Gasteiger partial charge is 0.469 e. The van der Waals surface area contributed by atoms with E-state index in [9.17, 15) is 24.5 Å². The van der Waals surface area contributed by atoms with E-state index in [2.05, 4.69) is 4.74 Å². The molecule has 0 saturated carbocycles. The molecule has 0 amide bonds. The Morgan fingerprint density at radius 2 is 1.88 bits per heavy atom. The Balaban J connectivity index is 2.37. The number of carbonyl (C=O) groups excluding carboxylic acids is 3. The van der Waals surface area contributed by atoms with Crippen LogP contribution in [0.25, 0.3) is 0 Å². The number of hydrogen-bond acceptors (Lipinski definition) is 7. The van der Waals surface area contributed by atoms with E-state index in [4.69, 9.17) is 4.74 Å². The average molecular weight is 365 g/mol. The molecule has 8 heteroatoms. The monoisotopic (exact) mass is 365 g/mol. The van der Waals surface area contributed by atoms with Crippen molar-refractivity contribution >= 4 is 18.2 Å². The molecule has 0 aliphatic rings. The van der Waals surface area contributed by atoms with Gasteiger partial charge >= 0.3 is 11.9 Å². The van der Waals surface area contributed by atoms with Crippen LogP contribution in [0.2, 0.25) is 0 Å². The number of benzene rings is 1. The highest BCUT2D eigenvalue weighted by Crippen LogP contribution is 2.18. The minimum Gasteiger partial charge on any atom is -0.469 e. The fourth-order valence-corrected chi connectivity index (χ4v) is 2.50. The van der Waals surface area contributed by atoms with Crippen LogP contribution in [0.5, 0.6) is 0 Å². The molecule has 8 nitrogen and oxygen atoms in total. The van der Waals surface area contributed by atoms with Gasteiger partial charge in [0.05, 0.1) is 31.6 Å². The van der Waals surface area contributed by atoms with Gasteiger partial charge in [-0.3, -0.25) is 14.9 Å². The summed E-state index contributed by atoms with van der Waals surface area (Å²) in [6, 6.07) is 7.43. The van der Waals surface area contributed by atoms with Gasteiger partial charge in [0, 0.05) is 11.3 Å². The van der Waals surface area contributed by atoms with Gasteiger partial charge in [0.15, 0.2) is 0 Å². The zero-order valence-electron chi connectivity index (χ0n) is 14.7. The van der Waals surface area contributed by atoms with Crippen molar-refractivity contribution in [3.05, 3.63) is 46.0 Å². The second-order valence-electron chi connectivity index (χ2n) is 5.77. The van der Waals surface area contributed by atoms with Crippen LogP contribution in [0.15, 0.2) is 30.3 Å². The van der Waals surface area contributed by atoms with E-state index >= 15 is 0 Å². The Kier molecular flexibility index (Phi) is 9.59. The van der Waals surface area contributed by atoms with E-state index in [-0.39, 0.29) is 19.4 Å². The van der Waals surface area contributed by atoms with Gasteiger partial charge in [-0.2, -0.15) is 0 Å². The summed E-state index contributed by atoms with van der Waals surface area (Å²) in [5.74, 6) is -1.77. The van der Waals surface area contributed by atoms with Gasteiger partial charge in [0.1, 0.15) is 6.29 Å². The Morgan fingerprint density at radius 1 is 1.19 bits per heavy atom. The maximum absolute atomic E-state index is 11.8. The molecule has 1 aromatic carbocycles. The van der Waals surface area contributed by atoms with Gasteiger partial charge in [-0.25, -0.2) is 4.79 Å². The molecule has 0 unspecified atom stereocenters. The molecule has 0 aliphatic heterocycles. The minimum atomic E-state index is -1.13. The van der Waals surface area contributed by atoms with Gasteiger partial charge in [-0.15, -0.1) is 0 Å². The standard InChI is InChI=1S/C18H23NO7/c1-25-17(21)11-10-16(19(23)24)15(13-20)9-5-6-12-26-18(22)14-7-3-2-4-8-14/h2-4,7-8,13,15-16H,5-6,9-12H2,1H3/t15-,16+/m0/s1. The predicted octanol–water partition coefficient (Wildman–Crippen LogP) is 2.43. The van der Waals surface area contributed by atoms with Gasteiger partial charge in [-0.05, 0) is 31.4 Å². The van der Waals surface area contributed by atoms with E-state index in [1.165, 1.54) is 7.11 Å². The lowest BCUT2D eigenvalue weighted by atomic mass is 9.92. The van der Waals surface area contributed by atoms with Crippen molar-refractivity contribution in [3.8, 4) is 0 Å². The van der Waals surface area contributed by atoms with Crippen molar-refractivity contribution in [2.45, 2.75) is 38.1 Å². The van der Waals surface area contributed by atoms with Gasteiger partial charge in [0.25, 0.3) is 0 Å². The number of carbonyl (C=O) groups is 3. The van der Waals surface area contributed by atoms with Crippen molar-refractivity contribution < 1.29 is 28.8 Å². The van der Waals surface area contributed by atoms with Crippen molar-refractivity contribution in [2.24, 2.45) is 5.92 Å². The second-order valence-corrected chi connectivity index (χ2v) is 5.77. The minimum absolute atomic E-state index is 0.0495. The Hall–Kier alpha value is -2.77. The molecule has 1 rings (SSSR count). The summed E-state index contributed by atoms with van der Waals surface area (Å²) in [7, 11) is 1.21. The summed E-state index contributed by atoms with van der Waals surface area (Å²) in [6.45, 7) is 0.171. The molecule has 0 aromatic heterocycles. The molecule has 26 heavy (non-hydrogen) atoms. The number of ether oxygens (including phenoxy) is 2. The quantitative estimate of drug-likeness (QED) is 0.184. The number of nitro groups is 1. The molecule has 0 spiro atoms. The normalized spacial score (nSPS) is 12.7. The average Bonchev–Trinajstić information content (AvgIpc) is 2.66. The molecular formula is C18H23NO7. The van der Waals surface area contributed by atoms with Crippen molar-refractivity contribution in [3.63, 3.8) is 0 Å². The van der Waals surface area contributed by atoms with Crippen LogP contribution in [-0.4, -0.2) is 42.9 Å². The number of methoxy groups -OCH3 is 1. The molecule has 0 aliphatic carbocycles. The van der Waals surface area contributed by atoms with E-state index in [0.717, 1.165) is 0 Å². The summed E-state index contributed by atoms with van der Waals surface area (Å²) < 4.78 is 9.59. The lowest BCUT2D eigenvalue weighted by Crippen LogP contribution is -2.31. The Morgan fingerprint density at radius 3 is 2.46 bits per heavy atom. The van der Waals surface area contributed by atoms with Gasteiger partial charge in [0.2, 0.25) is 6.04 Å². The molecule has 0 radical (unpaired) electrons. The first kappa shape index (κ1) is 21.3. The zero-order valence-corrected chi connectivity index (χ0v) is 14.7. The third-order valence-electron chi connectivity index (χ3n) is 3.99. The van der Waals surface area contributed by atoms with Crippen molar-refractivity contribution in [1.82, 2.24) is 0 Å².